The highest BCUT2D eigenvalue weighted by Crippen LogP contribution is 2.29. The highest BCUT2D eigenvalue weighted by molar-refractivity contribution is 5.99. The van der Waals surface area contributed by atoms with Crippen LogP contribution in [-0.2, 0) is 14.3 Å². The van der Waals surface area contributed by atoms with E-state index in [1.807, 2.05) is 60.7 Å². The average Bonchev–Trinajstić information content (AvgIpc) is 2.84. The van der Waals surface area contributed by atoms with E-state index in [-0.39, 0.29) is 11.1 Å². The molecule has 3 aromatic carbocycles. The van der Waals surface area contributed by atoms with Crippen LogP contribution in [-0.4, -0.2) is 38.1 Å². The van der Waals surface area contributed by atoms with Gasteiger partial charge in [-0.1, -0.05) is 66.7 Å². The monoisotopic (exact) mass is 417 g/mol. The second-order valence-corrected chi connectivity index (χ2v) is 6.85. The SMILES string of the molecule is COC(=O)c1cccc(C(=O)N[C@H](C(=O)OC)C(c2ccccc2)c2ccccc2)c1. The summed E-state index contributed by atoms with van der Waals surface area (Å²) in [5.41, 5.74) is 2.18. The molecule has 0 bridgehead atoms. The zero-order chi connectivity index (χ0) is 22.2. The molecule has 31 heavy (non-hydrogen) atoms. The molecule has 0 aliphatic carbocycles. The quantitative estimate of drug-likeness (QED) is 0.595. The minimum absolute atomic E-state index is 0.233. The molecule has 0 aromatic heterocycles. The first kappa shape index (κ1) is 21.8. The Kier molecular flexibility index (Phi) is 7.17. The maximum absolute atomic E-state index is 13.0. The fourth-order valence-electron chi connectivity index (χ4n) is 3.43. The van der Waals surface area contributed by atoms with E-state index in [1.165, 1.54) is 20.3 Å². The minimum atomic E-state index is -0.982. The molecule has 1 amide bonds. The van der Waals surface area contributed by atoms with Crippen LogP contribution in [0.5, 0.6) is 0 Å². The topological polar surface area (TPSA) is 81.7 Å². The first-order valence-corrected chi connectivity index (χ1v) is 9.72. The van der Waals surface area contributed by atoms with Gasteiger partial charge in [0.1, 0.15) is 6.04 Å². The molecule has 0 heterocycles. The third-order valence-electron chi connectivity index (χ3n) is 4.94. The van der Waals surface area contributed by atoms with E-state index in [4.69, 9.17) is 9.47 Å². The maximum atomic E-state index is 13.0. The lowest BCUT2D eigenvalue weighted by Gasteiger charge is -2.27. The van der Waals surface area contributed by atoms with Crippen molar-refractivity contribution >= 4 is 17.8 Å². The fourth-order valence-corrected chi connectivity index (χ4v) is 3.43. The van der Waals surface area contributed by atoms with Crippen molar-refractivity contribution in [1.82, 2.24) is 5.32 Å². The number of carbonyl (C=O) groups excluding carboxylic acids is 3. The molecule has 6 heteroatoms. The van der Waals surface area contributed by atoms with Crippen molar-refractivity contribution in [3.63, 3.8) is 0 Å². The molecule has 0 aliphatic heterocycles. The van der Waals surface area contributed by atoms with Crippen molar-refractivity contribution in [3.05, 3.63) is 107 Å². The number of hydrogen-bond donors (Lipinski definition) is 1. The van der Waals surface area contributed by atoms with Crippen LogP contribution in [0.2, 0.25) is 0 Å². The van der Waals surface area contributed by atoms with E-state index < -0.39 is 29.8 Å². The van der Waals surface area contributed by atoms with Gasteiger partial charge in [0.25, 0.3) is 5.91 Å². The molecule has 0 saturated heterocycles. The zero-order valence-electron chi connectivity index (χ0n) is 17.3. The molecule has 0 aliphatic rings. The number of esters is 2. The smallest absolute Gasteiger partial charge is 0.337 e. The molecule has 0 fully saturated rings. The van der Waals surface area contributed by atoms with Crippen molar-refractivity contribution in [2.75, 3.05) is 14.2 Å². The second kappa shape index (κ2) is 10.2. The Bertz CT molecular complexity index is 1010. The average molecular weight is 417 g/mol. The summed E-state index contributed by atoms with van der Waals surface area (Å²) in [4.78, 5) is 37.6. The number of nitrogens with one attached hydrogen (secondary N) is 1. The Hall–Kier alpha value is -3.93. The number of ether oxygens (including phenoxy) is 2. The van der Waals surface area contributed by atoms with Crippen LogP contribution in [0.4, 0.5) is 0 Å². The molecule has 3 aromatic rings. The van der Waals surface area contributed by atoms with Gasteiger partial charge >= 0.3 is 11.9 Å². The summed E-state index contributed by atoms with van der Waals surface area (Å²) in [6, 6.07) is 24.0. The van der Waals surface area contributed by atoms with Crippen LogP contribution in [0.1, 0.15) is 37.8 Å². The lowest BCUT2D eigenvalue weighted by molar-refractivity contribution is -0.143. The number of carbonyl (C=O) groups is 3. The second-order valence-electron chi connectivity index (χ2n) is 6.85. The van der Waals surface area contributed by atoms with E-state index >= 15 is 0 Å². The first-order chi connectivity index (χ1) is 15.0. The van der Waals surface area contributed by atoms with E-state index in [2.05, 4.69) is 5.32 Å². The van der Waals surface area contributed by atoms with Gasteiger partial charge in [-0.15, -0.1) is 0 Å². The van der Waals surface area contributed by atoms with Gasteiger partial charge in [0, 0.05) is 11.5 Å². The number of methoxy groups -OCH3 is 2. The predicted molar refractivity (Wildman–Crippen MR) is 116 cm³/mol. The number of rotatable bonds is 7. The third kappa shape index (κ3) is 5.17. The summed E-state index contributed by atoms with van der Waals surface area (Å²) in [5, 5.41) is 2.80. The molecule has 1 N–H and O–H groups in total. The van der Waals surface area contributed by atoms with Crippen LogP contribution in [0.25, 0.3) is 0 Å². The Morgan fingerprint density at radius 1 is 0.710 bits per heavy atom. The van der Waals surface area contributed by atoms with Crippen molar-refractivity contribution in [2.45, 2.75) is 12.0 Å². The van der Waals surface area contributed by atoms with Crippen LogP contribution >= 0.6 is 0 Å². The van der Waals surface area contributed by atoms with Crippen LogP contribution in [0.3, 0.4) is 0 Å². The Balaban J connectivity index is 1.99. The van der Waals surface area contributed by atoms with Crippen LogP contribution in [0, 0.1) is 0 Å². The first-order valence-electron chi connectivity index (χ1n) is 9.72. The lowest BCUT2D eigenvalue weighted by Crippen LogP contribution is -2.46. The van der Waals surface area contributed by atoms with E-state index in [0.29, 0.717) is 0 Å². The Morgan fingerprint density at radius 3 is 1.77 bits per heavy atom. The molecule has 1 atom stereocenters. The molecular weight excluding hydrogens is 394 g/mol. The zero-order valence-corrected chi connectivity index (χ0v) is 17.3. The highest BCUT2D eigenvalue weighted by atomic mass is 16.5. The van der Waals surface area contributed by atoms with Gasteiger partial charge in [-0.25, -0.2) is 9.59 Å². The maximum Gasteiger partial charge on any atom is 0.337 e. The molecule has 158 valence electrons. The number of benzene rings is 3. The summed E-state index contributed by atoms with van der Waals surface area (Å²) in [6.45, 7) is 0. The van der Waals surface area contributed by atoms with Gasteiger partial charge in [0.05, 0.1) is 19.8 Å². The van der Waals surface area contributed by atoms with Gasteiger partial charge < -0.3 is 14.8 Å². The predicted octanol–water partition coefficient (Wildman–Crippen LogP) is 3.58. The molecule has 0 radical (unpaired) electrons. The van der Waals surface area contributed by atoms with Crippen LogP contribution in [0.15, 0.2) is 84.9 Å². The van der Waals surface area contributed by atoms with E-state index in [0.717, 1.165) is 11.1 Å². The van der Waals surface area contributed by atoms with Gasteiger partial charge in [0.15, 0.2) is 0 Å². The lowest BCUT2D eigenvalue weighted by atomic mass is 9.84. The summed E-state index contributed by atoms with van der Waals surface area (Å²) >= 11 is 0. The van der Waals surface area contributed by atoms with E-state index in [9.17, 15) is 14.4 Å². The summed E-state index contributed by atoms with van der Waals surface area (Å²) < 4.78 is 9.74. The van der Waals surface area contributed by atoms with Crippen molar-refractivity contribution in [1.29, 1.82) is 0 Å². The Labute approximate surface area is 180 Å². The number of amides is 1. The van der Waals surface area contributed by atoms with Crippen molar-refractivity contribution < 1.29 is 23.9 Å². The van der Waals surface area contributed by atoms with Crippen LogP contribution < -0.4 is 5.32 Å². The van der Waals surface area contributed by atoms with Gasteiger partial charge in [-0.3, -0.25) is 4.79 Å². The van der Waals surface area contributed by atoms with E-state index in [1.54, 1.807) is 18.2 Å². The third-order valence-corrected chi connectivity index (χ3v) is 4.94. The molecule has 0 unspecified atom stereocenters. The van der Waals surface area contributed by atoms with Crippen molar-refractivity contribution in [2.24, 2.45) is 0 Å². The van der Waals surface area contributed by atoms with Gasteiger partial charge in [0.2, 0.25) is 0 Å². The molecule has 3 rings (SSSR count). The largest absolute Gasteiger partial charge is 0.467 e. The summed E-state index contributed by atoms with van der Waals surface area (Å²) in [6.07, 6.45) is 0. The molecule has 0 spiro atoms. The highest BCUT2D eigenvalue weighted by Gasteiger charge is 2.33. The molecule has 0 saturated carbocycles. The van der Waals surface area contributed by atoms with Gasteiger partial charge in [-0.05, 0) is 29.3 Å². The Morgan fingerprint density at radius 2 is 1.26 bits per heavy atom. The molecular formula is C25H23NO5. The standard InChI is InChI=1S/C25H23NO5/c1-30-24(28)20-15-9-14-19(16-20)23(27)26-22(25(29)31-2)21(17-10-5-3-6-11-17)18-12-7-4-8-13-18/h3-16,21-22H,1-2H3,(H,26,27)/t22-/m0/s1. The fraction of sp³-hybridized carbons (Fsp3) is 0.160. The van der Waals surface area contributed by atoms with Crippen molar-refractivity contribution in [3.8, 4) is 0 Å². The summed E-state index contributed by atoms with van der Waals surface area (Å²) in [5.74, 6) is -2.10. The normalized spacial score (nSPS) is 11.5. The minimum Gasteiger partial charge on any atom is -0.467 e. The number of hydrogen-bond acceptors (Lipinski definition) is 5. The summed E-state index contributed by atoms with van der Waals surface area (Å²) in [7, 11) is 2.55. The molecule has 6 nitrogen and oxygen atoms in total. The van der Waals surface area contributed by atoms with Gasteiger partial charge in [-0.2, -0.15) is 0 Å².